The number of aryl methyl sites for hydroxylation is 1. The van der Waals surface area contributed by atoms with Crippen LogP contribution in [0, 0.1) is 5.41 Å². The van der Waals surface area contributed by atoms with Gasteiger partial charge in [-0.25, -0.2) is 33.7 Å². The van der Waals surface area contributed by atoms with Gasteiger partial charge in [0.2, 0.25) is 11.5 Å². The van der Waals surface area contributed by atoms with Crippen LogP contribution < -0.4 is 10.4 Å². The summed E-state index contributed by atoms with van der Waals surface area (Å²) in [5.41, 5.74) is 1.67. The molecule has 10 nitrogen and oxygen atoms in total. The highest BCUT2D eigenvalue weighted by atomic mass is 19.4. The second-order valence-electron chi connectivity index (χ2n) is 9.99. The summed E-state index contributed by atoms with van der Waals surface area (Å²) in [5, 5.41) is 8.71. The zero-order valence-corrected chi connectivity index (χ0v) is 22.4. The smallest absolute Gasteiger partial charge is 0.434 e. The summed E-state index contributed by atoms with van der Waals surface area (Å²) >= 11 is 0. The Morgan fingerprint density at radius 2 is 1.79 bits per heavy atom. The summed E-state index contributed by atoms with van der Waals surface area (Å²) in [6, 6.07) is 6.60. The van der Waals surface area contributed by atoms with Gasteiger partial charge in [0.25, 0.3) is 6.43 Å². The molecule has 1 N–H and O–H groups in total. The third-order valence-electron chi connectivity index (χ3n) is 7.07. The maximum Gasteiger partial charge on any atom is 0.434 e. The molecule has 15 heteroatoms. The van der Waals surface area contributed by atoms with Crippen molar-refractivity contribution in [2.45, 2.75) is 44.5 Å². The predicted molar refractivity (Wildman–Crippen MR) is 140 cm³/mol. The molecule has 218 valence electrons. The van der Waals surface area contributed by atoms with E-state index in [9.17, 15) is 22.0 Å². The van der Waals surface area contributed by atoms with Gasteiger partial charge < -0.3 is 13.9 Å². The first kappa shape index (κ1) is 27.5. The quantitative estimate of drug-likeness (QED) is 0.262. The number of benzene rings is 1. The first-order valence-electron chi connectivity index (χ1n) is 12.9. The maximum atomic E-state index is 13.5. The molecule has 0 bridgehead atoms. The molecule has 1 aliphatic carbocycles. The molecule has 1 aliphatic rings. The summed E-state index contributed by atoms with van der Waals surface area (Å²) in [6.45, 7) is -0.648. The molecule has 5 aromatic rings. The summed E-state index contributed by atoms with van der Waals surface area (Å²) in [7, 11) is 2.95. The number of ether oxygens (including phenoxy) is 1. The van der Waals surface area contributed by atoms with E-state index in [0.717, 1.165) is 29.3 Å². The minimum atomic E-state index is -4.57. The fraction of sp³-hybridized carbons (Fsp3) is 0.333. The Kier molecular flexibility index (Phi) is 6.74. The number of hydrogen-bond acceptors (Lipinski definition) is 7. The topological polar surface area (TPSA) is 112 Å². The lowest BCUT2D eigenvalue weighted by molar-refractivity contribution is -0.140. The number of halogens is 5. The highest BCUT2D eigenvalue weighted by Gasteiger charge is 2.35. The Balaban J connectivity index is 1.42. The molecule has 0 atom stereocenters. The minimum absolute atomic E-state index is 0.0780. The molecule has 0 radical (unpaired) electrons. The number of alkyl halides is 5. The number of aromatic nitrogens is 8. The van der Waals surface area contributed by atoms with Gasteiger partial charge in [-0.05, 0) is 18.4 Å². The van der Waals surface area contributed by atoms with Gasteiger partial charge in [-0.15, -0.1) is 0 Å². The monoisotopic (exact) mass is 585 g/mol. The van der Waals surface area contributed by atoms with Crippen molar-refractivity contribution in [3.8, 4) is 28.7 Å². The zero-order chi connectivity index (χ0) is 29.8. The van der Waals surface area contributed by atoms with Crippen LogP contribution in [-0.4, -0.2) is 52.2 Å². The van der Waals surface area contributed by atoms with Gasteiger partial charge in [-0.3, -0.25) is 9.98 Å². The maximum absolute atomic E-state index is 13.5. The van der Waals surface area contributed by atoms with Crippen molar-refractivity contribution in [3.63, 3.8) is 0 Å². The third-order valence-corrected chi connectivity index (χ3v) is 7.07. The minimum Gasteiger partial charge on any atom is -0.480 e. The first-order chi connectivity index (χ1) is 20.0. The van der Waals surface area contributed by atoms with Gasteiger partial charge in [0.15, 0.2) is 17.2 Å². The Morgan fingerprint density at radius 1 is 1.05 bits per heavy atom. The second-order valence-corrected chi connectivity index (χ2v) is 9.99. The molecule has 0 saturated heterocycles. The average molecular weight is 586 g/mol. The lowest BCUT2D eigenvalue weighted by atomic mass is 10.1. The van der Waals surface area contributed by atoms with Crippen molar-refractivity contribution in [2.24, 2.45) is 7.05 Å². The summed E-state index contributed by atoms with van der Waals surface area (Å²) in [5.74, 6) is 0.881. The Morgan fingerprint density at radius 3 is 2.40 bits per heavy atom. The molecule has 0 spiro atoms. The van der Waals surface area contributed by atoms with Crippen molar-refractivity contribution in [2.75, 3.05) is 7.11 Å². The van der Waals surface area contributed by atoms with Crippen LogP contribution in [0.5, 0.6) is 5.88 Å². The van der Waals surface area contributed by atoms with Gasteiger partial charge in [0.05, 0.1) is 32.1 Å². The Labute approximate surface area is 235 Å². The molecule has 0 unspecified atom stereocenters. The van der Waals surface area contributed by atoms with Crippen LogP contribution in [-0.2, 0) is 26.3 Å². The van der Waals surface area contributed by atoms with Gasteiger partial charge >= 0.3 is 6.18 Å². The molecule has 6 rings (SSSR count). The van der Waals surface area contributed by atoms with Crippen molar-refractivity contribution in [1.29, 1.82) is 5.41 Å². The van der Waals surface area contributed by atoms with Gasteiger partial charge in [-0.1, -0.05) is 24.3 Å². The lowest BCUT2D eigenvalue weighted by Crippen LogP contribution is -2.27. The van der Waals surface area contributed by atoms with Crippen molar-refractivity contribution >= 4 is 11.2 Å². The highest BCUT2D eigenvalue weighted by molar-refractivity contribution is 5.76. The predicted octanol–water partition coefficient (Wildman–Crippen LogP) is 4.79. The number of nitrogens with zero attached hydrogens (tertiary/aromatic N) is 8. The van der Waals surface area contributed by atoms with Gasteiger partial charge in [-0.2, -0.15) is 13.2 Å². The van der Waals surface area contributed by atoms with Crippen LogP contribution in [0.4, 0.5) is 22.0 Å². The molecule has 4 aromatic heterocycles. The van der Waals surface area contributed by atoms with E-state index in [0.29, 0.717) is 16.7 Å². The molecule has 1 aromatic carbocycles. The summed E-state index contributed by atoms with van der Waals surface area (Å²) in [4.78, 5) is 21.5. The van der Waals surface area contributed by atoms with Gasteiger partial charge in [0, 0.05) is 24.7 Å². The molecule has 42 heavy (non-hydrogen) atoms. The van der Waals surface area contributed by atoms with Crippen LogP contribution in [0.1, 0.15) is 35.7 Å². The van der Waals surface area contributed by atoms with Crippen LogP contribution in [0.3, 0.4) is 0 Å². The fourth-order valence-corrected chi connectivity index (χ4v) is 4.94. The molecule has 0 amide bonds. The molecular weight excluding hydrogens is 561 g/mol. The van der Waals surface area contributed by atoms with E-state index >= 15 is 0 Å². The van der Waals surface area contributed by atoms with Crippen molar-refractivity contribution in [3.05, 3.63) is 65.6 Å². The summed E-state index contributed by atoms with van der Waals surface area (Å²) < 4.78 is 75.8. The van der Waals surface area contributed by atoms with Crippen LogP contribution in [0.2, 0.25) is 0 Å². The zero-order valence-electron chi connectivity index (χ0n) is 22.4. The third kappa shape index (κ3) is 4.99. The normalized spacial score (nSPS) is 13.8. The largest absolute Gasteiger partial charge is 0.480 e. The van der Waals surface area contributed by atoms with Gasteiger partial charge in [0.1, 0.15) is 23.2 Å². The number of nitrogens with one attached hydrogen (secondary N) is 1. The second kappa shape index (κ2) is 10.3. The van der Waals surface area contributed by atoms with E-state index in [-0.39, 0.29) is 46.8 Å². The van der Waals surface area contributed by atoms with E-state index in [2.05, 4.69) is 19.9 Å². The van der Waals surface area contributed by atoms with Crippen molar-refractivity contribution < 1.29 is 26.7 Å². The standard InChI is InChI=1S/C27H24F5N9O/c1-39-11-18(27(30,31)32)37-23(39)16-5-3-14(4-6-16)10-41-24-17(40(26(41)33)12-19(28)29)9-34-22(38-24)20-21(15-7-8-15)35-13-36-25(20)42-2/h3-6,9,11,13,15,19,33H,7-8,10,12H2,1-2H3. The number of methoxy groups -OCH3 is 1. The molecule has 1 fully saturated rings. The van der Waals surface area contributed by atoms with Crippen LogP contribution in [0.15, 0.2) is 43.0 Å². The van der Waals surface area contributed by atoms with E-state index in [1.54, 1.807) is 24.3 Å². The molecule has 4 heterocycles. The van der Waals surface area contributed by atoms with Crippen molar-refractivity contribution in [1.82, 2.24) is 38.6 Å². The number of hydrogen-bond donors (Lipinski definition) is 1. The SMILES string of the molecule is COc1ncnc(C2CC2)c1-c1ncc2c(n1)n(Cc1ccc(-c3nc(C(F)(F)F)cn3C)cc1)c(=N)n2CC(F)F. The van der Waals surface area contributed by atoms with Crippen LogP contribution in [0.25, 0.3) is 33.9 Å². The fourth-order valence-electron chi connectivity index (χ4n) is 4.94. The van der Waals surface area contributed by atoms with Crippen LogP contribution >= 0.6 is 0 Å². The number of imidazole rings is 2. The van der Waals surface area contributed by atoms with E-state index in [1.807, 2.05) is 0 Å². The Bertz CT molecular complexity index is 1840. The first-order valence-corrected chi connectivity index (χ1v) is 12.9. The Hall–Kier alpha value is -4.69. The molecule has 1 saturated carbocycles. The number of fused-ring (bicyclic) bond motifs is 1. The lowest BCUT2D eigenvalue weighted by Gasteiger charge is -2.11. The van der Waals surface area contributed by atoms with E-state index < -0.39 is 24.8 Å². The van der Waals surface area contributed by atoms with E-state index in [1.165, 1.54) is 35.8 Å². The molecule has 0 aliphatic heterocycles. The molecular formula is C27H24F5N9O. The van der Waals surface area contributed by atoms with E-state index in [4.69, 9.17) is 15.1 Å². The number of rotatable bonds is 8. The average Bonchev–Trinajstić information content (AvgIpc) is 3.69. The summed E-state index contributed by atoms with van der Waals surface area (Å²) in [6.07, 6.45) is -1.66. The highest BCUT2D eigenvalue weighted by Crippen LogP contribution is 2.44.